The third-order valence-electron chi connectivity index (χ3n) is 0.460. The first kappa shape index (κ1) is 7.64. The second kappa shape index (κ2) is 3.62. The van der Waals surface area contributed by atoms with Gasteiger partial charge in [0.15, 0.2) is 0 Å². The molecule has 0 spiro atoms. The van der Waals surface area contributed by atoms with Gasteiger partial charge in [0.2, 0.25) is 0 Å². The van der Waals surface area contributed by atoms with Gasteiger partial charge >= 0.3 is 0 Å². The van der Waals surface area contributed by atoms with Crippen LogP contribution in [0, 0.1) is 0 Å². The van der Waals surface area contributed by atoms with Crippen LogP contribution in [0.15, 0.2) is 0 Å². The Morgan fingerprint density at radius 1 is 1.29 bits per heavy atom. The van der Waals surface area contributed by atoms with Gasteiger partial charge in [0.25, 0.3) is 0 Å². The highest BCUT2D eigenvalue weighted by Gasteiger charge is 1.97. The van der Waals surface area contributed by atoms with E-state index in [0.29, 0.717) is 5.25 Å². The van der Waals surface area contributed by atoms with Gasteiger partial charge in [-0.3, -0.25) is 0 Å². The molecule has 7 heavy (non-hydrogen) atoms. The first-order valence-electron chi connectivity index (χ1n) is 2.42. The normalized spacial score (nSPS) is 15.0. The second-order valence-corrected chi connectivity index (χ2v) is 4.56. The largest absolute Gasteiger partial charge is 0.140 e. The Morgan fingerprint density at radius 3 is 1.71 bits per heavy atom. The van der Waals surface area contributed by atoms with Crippen LogP contribution in [0.2, 0.25) is 0 Å². The van der Waals surface area contributed by atoms with Crippen LogP contribution in [0.3, 0.4) is 0 Å². The van der Waals surface area contributed by atoms with Crippen molar-refractivity contribution in [3.63, 3.8) is 0 Å². The molecule has 0 aromatic heterocycles. The lowest BCUT2D eigenvalue weighted by Gasteiger charge is -2.03. The lowest BCUT2D eigenvalue weighted by Crippen LogP contribution is -1.91. The molecule has 0 aliphatic rings. The van der Waals surface area contributed by atoms with Crippen molar-refractivity contribution >= 4 is 23.4 Å². The lowest BCUT2D eigenvalue weighted by atomic mass is 10.6. The highest BCUT2D eigenvalue weighted by molar-refractivity contribution is 8.01. The molecule has 0 radical (unpaired) electrons. The Balaban J connectivity index is 2.95. The third-order valence-corrected chi connectivity index (χ3v) is 1.69. The Hall–Kier alpha value is 0.640. The molecule has 0 aliphatic heterocycles. The highest BCUT2D eigenvalue weighted by Crippen LogP contribution is 2.18. The van der Waals surface area contributed by atoms with E-state index < -0.39 is 0 Å². The number of rotatable bonds is 2. The number of halogens is 1. The van der Waals surface area contributed by atoms with Crippen molar-refractivity contribution in [3.8, 4) is 0 Å². The summed E-state index contributed by atoms with van der Waals surface area (Å²) in [5.41, 5.74) is 0. The van der Waals surface area contributed by atoms with Gasteiger partial charge in [-0.15, -0.1) is 23.4 Å². The van der Waals surface area contributed by atoms with Gasteiger partial charge in [0, 0.05) is 5.25 Å². The molecule has 0 aromatic carbocycles. The zero-order valence-corrected chi connectivity index (χ0v) is 6.51. The molecule has 0 saturated heterocycles. The van der Waals surface area contributed by atoms with Crippen molar-refractivity contribution in [2.75, 3.05) is 0 Å². The van der Waals surface area contributed by atoms with E-state index in [0.717, 1.165) is 0 Å². The Morgan fingerprint density at radius 2 is 1.71 bits per heavy atom. The summed E-state index contributed by atoms with van der Waals surface area (Å²) in [6.45, 7) is 6.28. The van der Waals surface area contributed by atoms with E-state index in [1.165, 1.54) is 0 Å². The molecule has 0 bridgehead atoms. The summed E-state index contributed by atoms with van der Waals surface area (Å²) in [5.74, 6) is 0. The molecule has 0 aromatic rings. The third kappa shape index (κ3) is 6.64. The van der Waals surface area contributed by atoms with Gasteiger partial charge < -0.3 is 0 Å². The molecule has 0 heterocycles. The van der Waals surface area contributed by atoms with Crippen molar-refractivity contribution < 1.29 is 0 Å². The summed E-state index contributed by atoms with van der Waals surface area (Å²) in [5, 5.41) is 0.660. The number of alkyl halides is 1. The SMILES string of the molecule is CC(C)SC(C)Cl. The minimum absolute atomic E-state index is 0.264. The maximum atomic E-state index is 5.64. The molecule has 1 unspecified atom stereocenters. The maximum Gasteiger partial charge on any atom is 0.0763 e. The topological polar surface area (TPSA) is 0 Å². The standard InChI is InChI=1S/C5H11ClS/c1-4(2)7-5(3)6/h4-5H,1-3H3. The summed E-state index contributed by atoms with van der Waals surface area (Å²) in [6, 6.07) is 0. The minimum atomic E-state index is 0.264. The van der Waals surface area contributed by atoms with Crippen LogP contribution in [0.4, 0.5) is 0 Å². The van der Waals surface area contributed by atoms with Crippen LogP contribution in [0.5, 0.6) is 0 Å². The summed E-state index contributed by atoms with van der Waals surface area (Å²) in [4.78, 5) is 0. The van der Waals surface area contributed by atoms with E-state index in [1.54, 1.807) is 11.8 Å². The molecule has 0 rings (SSSR count). The van der Waals surface area contributed by atoms with E-state index in [2.05, 4.69) is 13.8 Å². The average molecular weight is 139 g/mol. The van der Waals surface area contributed by atoms with Crippen molar-refractivity contribution in [3.05, 3.63) is 0 Å². The fraction of sp³-hybridized carbons (Fsp3) is 1.00. The van der Waals surface area contributed by atoms with Crippen molar-refractivity contribution in [1.82, 2.24) is 0 Å². The van der Waals surface area contributed by atoms with E-state index in [9.17, 15) is 0 Å². The number of hydrogen-bond acceptors (Lipinski definition) is 1. The Labute approximate surface area is 54.6 Å². The quantitative estimate of drug-likeness (QED) is 0.529. The van der Waals surface area contributed by atoms with Crippen molar-refractivity contribution in [2.24, 2.45) is 0 Å². The number of thioether (sulfide) groups is 1. The molecule has 0 saturated carbocycles. The van der Waals surface area contributed by atoms with E-state index in [-0.39, 0.29) is 4.71 Å². The summed E-state index contributed by atoms with van der Waals surface area (Å²) in [6.07, 6.45) is 0. The van der Waals surface area contributed by atoms with Gasteiger partial charge in [0.05, 0.1) is 4.71 Å². The molecule has 0 N–H and O–H groups in total. The maximum absolute atomic E-state index is 5.64. The molecular weight excluding hydrogens is 128 g/mol. The van der Waals surface area contributed by atoms with Crippen LogP contribution in [-0.4, -0.2) is 9.96 Å². The average Bonchev–Trinajstić information content (AvgIpc) is 1.27. The van der Waals surface area contributed by atoms with E-state index >= 15 is 0 Å². The number of hydrogen-bond donors (Lipinski definition) is 0. The summed E-state index contributed by atoms with van der Waals surface area (Å²) in [7, 11) is 0. The lowest BCUT2D eigenvalue weighted by molar-refractivity contribution is 1.10. The molecule has 44 valence electrons. The van der Waals surface area contributed by atoms with Gasteiger partial charge in [-0.1, -0.05) is 13.8 Å². The van der Waals surface area contributed by atoms with Gasteiger partial charge in [-0.05, 0) is 6.92 Å². The predicted molar refractivity (Wildman–Crippen MR) is 38.0 cm³/mol. The predicted octanol–water partition coefficient (Wildman–Crippen LogP) is 2.71. The molecule has 0 amide bonds. The van der Waals surface area contributed by atoms with Crippen LogP contribution in [-0.2, 0) is 0 Å². The fourth-order valence-electron chi connectivity index (χ4n) is 0.375. The van der Waals surface area contributed by atoms with Crippen molar-refractivity contribution in [1.29, 1.82) is 0 Å². The minimum Gasteiger partial charge on any atom is -0.140 e. The molecule has 1 atom stereocenters. The first-order chi connectivity index (χ1) is 3.13. The Kier molecular flexibility index (Phi) is 3.95. The second-order valence-electron chi connectivity index (χ2n) is 1.73. The van der Waals surface area contributed by atoms with Crippen LogP contribution in [0.25, 0.3) is 0 Å². The fourth-order valence-corrected chi connectivity index (χ4v) is 1.74. The monoisotopic (exact) mass is 138 g/mol. The van der Waals surface area contributed by atoms with E-state index in [4.69, 9.17) is 11.6 Å². The zero-order valence-electron chi connectivity index (χ0n) is 4.94. The first-order valence-corrected chi connectivity index (χ1v) is 3.80. The molecule has 0 aliphatic carbocycles. The van der Waals surface area contributed by atoms with Crippen molar-refractivity contribution in [2.45, 2.75) is 30.7 Å². The van der Waals surface area contributed by atoms with Crippen LogP contribution >= 0.6 is 23.4 Å². The summed E-state index contributed by atoms with van der Waals surface area (Å²) < 4.78 is 0.264. The molecular formula is C5H11ClS. The molecule has 0 fully saturated rings. The van der Waals surface area contributed by atoms with Gasteiger partial charge in [0.1, 0.15) is 0 Å². The Bertz CT molecular complexity index is 37.3. The highest BCUT2D eigenvalue weighted by atomic mass is 35.5. The van der Waals surface area contributed by atoms with Crippen LogP contribution < -0.4 is 0 Å². The van der Waals surface area contributed by atoms with Gasteiger partial charge in [-0.2, -0.15) is 0 Å². The summed E-state index contributed by atoms with van der Waals surface area (Å²) >= 11 is 7.41. The molecule has 0 nitrogen and oxygen atoms in total. The van der Waals surface area contributed by atoms with E-state index in [1.807, 2.05) is 6.92 Å². The van der Waals surface area contributed by atoms with Crippen LogP contribution in [0.1, 0.15) is 20.8 Å². The van der Waals surface area contributed by atoms with Gasteiger partial charge in [-0.25, -0.2) is 0 Å². The zero-order chi connectivity index (χ0) is 5.86. The molecule has 2 heteroatoms. The smallest absolute Gasteiger partial charge is 0.0763 e.